The smallest absolute Gasteiger partial charge is 0.166 e. The molecule has 4 rings (SSSR count). The molecule has 55 heavy (non-hydrogen) atoms. The number of rotatable bonds is 16. The van der Waals surface area contributed by atoms with Gasteiger partial charge in [0.25, 0.3) is 0 Å². The van der Waals surface area contributed by atoms with Crippen molar-refractivity contribution in [3.05, 3.63) is 58.1 Å². The predicted octanol–water partition coefficient (Wildman–Crippen LogP) is 3.04. The number of nitrogens with zero attached hydrogens (tertiary/aromatic N) is 2. The van der Waals surface area contributed by atoms with Crippen LogP contribution in [0.4, 0.5) is 0 Å². The molecule has 0 aromatic carbocycles. The van der Waals surface area contributed by atoms with Crippen LogP contribution in [-0.4, -0.2) is 158 Å². The minimum Gasteiger partial charge on any atom is -0.507 e. The van der Waals surface area contributed by atoms with Crippen molar-refractivity contribution in [1.82, 2.24) is 41.7 Å². The van der Waals surface area contributed by atoms with Crippen LogP contribution in [0.1, 0.15) is 65.7 Å². The van der Waals surface area contributed by atoms with Gasteiger partial charge in [0.2, 0.25) is 0 Å². The topological polar surface area (TPSA) is 134 Å². The highest BCUT2D eigenvalue weighted by Gasteiger charge is 2.28. The van der Waals surface area contributed by atoms with Crippen molar-refractivity contribution in [2.24, 2.45) is 5.92 Å². The molecule has 2 unspecified atom stereocenters. The average Bonchev–Trinajstić information content (AvgIpc) is 3.16. The van der Waals surface area contributed by atoms with Crippen molar-refractivity contribution >= 4 is 5.78 Å². The van der Waals surface area contributed by atoms with Gasteiger partial charge in [-0.3, -0.25) is 4.79 Å². The fourth-order valence-electron chi connectivity index (χ4n) is 7.53. The number of ketones is 1. The van der Waals surface area contributed by atoms with Crippen LogP contribution in [0.2, 0.25) is 0 Å². The molecule has 4 aliphatic rings. The summed E-state index contributed by atoms with van der Waals surface area (Å²) in [5, 5.41) is 32.5. The van der Waals surface area contributed by atoms with Gasteiger partial charge in [-0.15, -0.1) is 0 Å². The van der Waals surface area contributed by atoms with E-state index in [2.05, 4.69) is 80.7 Å². The summed E-state index contributed by atoms with van der Waals surface area (Å²) in [5.74, 6) is 1.44. The Bertz CT molecular complexity index is 1250. The highest BCUT2D eigenvalue weighted by atomic mass is 16.5. The minimum atomic E-state index is -0.219. The first kappa shape index (κ1) is 45.3. The molecular formula is C43H76N8O4. The van der Waals surface area contributed by atoms with E-state index in [-0.39, 0.29) is 23.6 Å². The molecule has 12 heteroatoms. The SMILES string of the molecule is CC(C)=CCC1=C(O)C(C(=O)CCC2=CC=C(OCCCN3CCNCCNCCNCC3)C(C)C2)=CCC1OCCCN1CCNCCNCCNCC1. The van der Waals surface area contributed by atoms with Gasteiger partial charge in [0, 0.05) is 142 Å². The van der Waals surface area contributed by atoms with E-state index in [9.17, 15) is 9.90 Å². The summed E-state index contributed by atoms with van der Waals surface area (Å²) in [6.45, 7) is 25.8. The fourth-order valence-corrected chi connectivity index (χ4v) is 7.53. The van der Waals surface area contributed by atoms with Crippen LogP contribution in [0.25, 0.3) is 0 Å². The van der Waals surface area contributed by atoms with Crippen molar-refractivity contribution in [3.8, 4) is 0 Å². The average molecular weight is 769 g/mol. The molecule has 0 radical (unpaired) electrons. The van der Waals surface area contributed by atoms with E-state index in [1.165, 1.54) is 11.1 Å². The van der Waals surface area contributed by atoms with Crippen molar-refractivity contribution in [2.45, 2.75) is 71.8 Å². The largest absolute Gasteiger partial charge is 0.507 e. The van der Waals surface area contributed by atoms with Crippen LogP contribution in [0.15, 0.2) is 58.1 Å². The van der Waals surface area contributed by atoms with Crippen molar-refractivity contribution < 1.29 is 19.4 Å². The second-order valence-corrected chi connectivity index (χ2v) is 15.7. The number of allylic oxidation sites excluding steroid dienone is 7. The number of aliphatic hydroxyl groups excluding tert-OH is 1. The Balaban J connectivity index is 1.21. The molecular weight excluding hydrogens is 693 g/mol. The molecule has 2 aliphatic heterocycles. The van der Waals surface area contributed by atoms with Crippen molar-refractivity contribution in [1.29, 1.82) is 0 Å². The highest BCUT2D eigenvalue weighted by Crippen LogP contribution is 2.32. The summed E-state index contributed by atoms with van der Waals surface area (Å²) < 4.78 is 12.7. The Kier molecular flexibility index (Phi) is 22.5. The summed E-state index contributed by atoms with van der Waals surface area (Å²) in [6.07, 6.45) is 13.1. The van der Waals surface area contributed by atoms with E-state index in [1.807, 2.05) is 6.08 Å². The van der Waals surface area contributed by atoms with E-state index < -0.39 is 0 Å². The van der Waals surface area contributed by atoms with Gasteiger partial charge in [0.05, 0.1) is 24.0 Å². The quantitative estimate of drug-likeness (QED) is 0.0920. The van der Waals surface area contributed by atoms with Crippen molar-refractivity contribution in [3.63, 3.8) is 0 Å². The molecule has 2 heterocycles. The Morgan fingerprint density at radius 1 is 0.782 bits per heavy atom. The fraction of sp³-hybridized carbons (Fsp3) is 0.744. The van der Waals surface area contributed by atoms with Crippen LogP contribution in [-0.2, 0) is 14.3 Å². The maximum absolute atomic E-state index is 13.6. The summed E-state index contributed by atoms with van der Waals surface area (Å²) >= 11 is 0. The number of nitrogens with one attached hydrogen (secondary N) is 6. The number of ether oxygens (including phenoxy) is 2. The number of aliphatic hydroxyl groups is 1. The number of hydrogen-bond donors (Lipinski definition) is 7. The second-order valence-electron chi connectivity index (χ2n) is 15.7. The van der Waals surface area contributed by atoms with E-state index >= 15 is 0 Å². The van der Waals surface area contributed by atoms with E-state index in [0.29, 0.717) is 44.5 Å². The summed E-state index contributed by atoms with van der Waals surface area (Å²) in [7, 11) is 0. The molecule has 2 fully saturated rings. The van der Waals surface area contributed by atoms with Gasteiger partial charge in [-0.2, -0.15) is 0 Å². The first-order valence-electron chi connectivity index (χ1n) is 21.5. The molecule has 7 N–H and O–H groups in total. The summed E-state index contributed by atoms with van der Waals surface area (Å²) in [6, 6.07) is 0. The second kappa shape index (κ2) is 27.3. The normalized spacial score (nSPS) is 23.9. The maximum Gasteiger partial charge on any atom is 0.166 e. The Labute approximate surface area is 333 Å². The molecule has 12 nitrogen and oxygen atoms in total. The highest BCUT2D eigenvalue weighted by molar-refractivity contribution is 5.99. The number of Topliss-reactive ketones (excluding diaryl/α,β-unsaturated/α-hetero) is 1. The predicted molar refractivity (Wildman–Crippen MR) is 226 cm³/mol. The lowest BCUT2D eigenvalue weighted by Gasteiger charge is -2.27. The molecule has 312 valence electrons. The first-order valence-corrected chi connectivity index (χ1v) is 21.5. The third-order valence-electron chi connectivity index (χ3n) is 10.9. The standard InChI is InChI=1S/C43H76N8O4/c1-35(2)6-9-39-42(55-33-5-27-51-30-24-48-20-16-45-17-21-49-25-31-51)13-10-38(43(39)53)40(52)11-7-37-8-12-41(36(3)34-37)54-32-4-26-50-28-22-46-18-14-44-15-19-47-23-29-50/h6,8,10,12,36,42,44-49,53H,4-5,7,9,11,13-34H2,1-3H3. The van der Waals surface area contributed by atoms with Crippen LogP contribution < -0.4 is 31.9 Å². The summed E-state index contributed by atoms with van der Waals surface area (Å²) in [5.41, 5.74) is 3.72. The van der Waals surface area contributed by atoms with Crippen LogP contribution >= 0.6 is 0 Å². The molecule has 2 aliphatic carbocycles. The lowest BCUT2D eigenvalue weighted by molar-refractivity contribution is -0.115. The third-order valence-corrected chi connectivity index (χ3v) is 10.9. The zero-order valence-corrected chi connectivity index (χ0v) is 34.6. The van der Waals surface area contributed by atoms with Gasteiger partial charge >= 0.3 is 0 Å². The zero-order chi connectivity index (χ0) is 38.9. The van der Waals surface area contributed by atoms with Gasteiger partial charge in [-0.05, 0) is 58.4 Å². The molecule has 0 amide bonds. The van der Waals surface area contributed by atoms with Gasteiger partial charge in [0.1, 0.15) is 5.76 Å². The number of hydrogen-bond acceptors (Lipinski definition) is 12. The molecule has 2 atom stereocenters. The van der Waals surface area contributed by atoms with Crippen LogP contribution in [0, 0.1) is 5.92 Å². The van der Waals surface area contributed by atoms with Gasteiger partial charge in [0.15, 0.2) is 5.78 Å². The van der Waals surface area contributed by atoms with Gasteiger partial charge in [-0.1, -0.05) is 36.3 Å². The Morgan fingerprint density at radius 3 is 1.84 bits per heavy atom. The minimum absolute atomic E-state index is 0.00215. The first-order chi connectivity index (χ1) is 26.9. The lowest BCUT2D eigenvalue weighted by atomic mass is 9.87. The van der Waals surface area contributed by atoms with E-state index in [0.717, 1.165) is 148 Å². The lowest BCUT2D eigenvalue weighted by Crippen LogP contribution is -2.42. The zero-order valence-electron chi connectivity index (χ0n) is 34.6. The van der Waals surface area contributed by atoms with Crippen molar-refractivity contribution in [2.75, 3.05) is 131 Å². The maximum atomic E-state index is 13.6. The van der Waals surface area contributed by atoms with Gasteiger partial charge < -0.3 is 56.3 Å². The monoisotopic (exact) mass is 769 g/mol. The molecule has 0 aromatic heterocycles. The molecule has 0 bridgehead atoms. The Hall–Kier alpha value is -2.39. The van der Waals surface area contributed by atoms with Gasteiger partial charge in [-0.25, -0.2) is 0 Å². The molecule has 0 saturated carbocycles. The Morgan fingerprint density at radius 2 is 1.31 bits per heavy atom. The number of carbonyl (C=O) groups is 1. The molecule has 0 aromatic rings. The van der Waals surface area contributed by atoms with E-state index in [1.54, 1.807) is 0 Å². The van der Waals surface area contributed by atoms with Crippen LogP contribution in [0.5, 0.6) is 0 Å². The van der Waals surface area contributed by atoms with Crippen LogP contribution in [0.3, 0.4) is 0 Å². The number of carbonyl (C=O) groups excluding carboxylic acids is 1. The molecule has 2 saturated heterocycles. The third kappa shape index (κ3) is 18.2. The van der Waals surface area contributed by atoms with E-state index in [4.69, 9.17) is 9.47 Å². The molecule has 0 spiro atoms. The summed E-state index contributed by atoms with van der Waals surface area (Å²) in [4.78, 5) is 18.6.